The lowest BCUT2D eigenvalue weighted by Gasteiger charge is -2.15. The van der Waals surface area contributed by atoms with E-state index in [1.165, 1.54) is 38.5 Å². The molecule has 1 fully saturated rings. The Labute approximate surface area is 126 Å². The van der Waals surface area contributed by atoms with Crippen molar-refractivity contribution in [2.24, 2.45) is 5.73 Å². The van der Waals surface area contributed by atoms with Gasteiger partial charge in [0.15, 0.2) is 0 Å². The number of rotatable bonds is 6. The van der Waals surface area contributed by atoms with Crippen molar-refractivity contribution in [1.29, 1.82) is 0 Å². The van der Waals surface area contributed by atoms with Crippen molar-refractivity contribution in [3.8, 4) is 5.75 Å². The molecule has 0 aliphatic heterocycles. The van der Waals surface area contributed by atoms with Crippen molar-refractivity contribution in [2.75, 3.05) is 13.2 Å². The molecule has 1 saturated carbocycles. The maximum atomic E-state index is 5.88. The van der Waals surface area contributed by atoms with E-state index in [4.69, 9.17) is 27.4 Å². The van der Waals surface area contributed by atoms with Crippen LogP contribution in [0.2, 0.25) is 0 Å². The standard InChI is InChI=1S/C16H23NO2S/c17-16(20)13-7-9-15(10-8-13)19-12-11-18-14-5-3-1-2-4-6-14/h7-10,14H,1-6,11-12H2,(H2,17,20). The van der Waals surface area contributed by atoms with Crippen LogP contribution >= 0.6 is 12.2 Å². The van der Waals surface area contributed by atoms with E-state index >= 15 is 0 Å². The zero-order chi connectivity index (χ0) is 14.2. The summed E-state index contributed by atoms with van der Waals surface area (Å²) in [6, 6.07) is 7.54. The van der Waals surface area contributed by atoms with Crippen LogP contribution in [0.3, 0.4) is 0 Å². The Hall–Kier alpha value is -1.13. The van der Waals surface area contributed by atoms with Crippen LogP contribution in [0.25, 0.3) is 0 Å². The molecule has 20 heavy (non-hydrogen) atoms. The minimum absolute atomic E-state index is 0.410. The lowest BCUT2D eigenvalue weighted by Crippen LogP contribution is -2.16. The van der Waals surface area contributed by atoms with E-state index in [-0.39, 0.29) is 0 Å². The fourth-order valence-corrected chi connectivity index (χ4v) is 2.63. The predicted molar refractivity (Wildman–Crippen MR) is 85.3 cm³/mol. The van der Waals surface area contributed by atoms with Gasteiger partial charge in [0, 0.05) is 5.56 Å². The molecule has 2 N–H and O–H groups in total. The van der Waals surface area contributed by atoms with Crippen molar-refractivity contribution in [2.45, 2.75) is 44.6 Å². The Morgan fingerprint density at radius 2 is 1.70 bits per heavy atom. The van der Waals surface area contributed by atoms with Gasteiger partial charge in [-0.05, 0) is 37.1 Å². The molecule has 0 radical (unpaired) electrons. The SMILES string of the molecule is NC(=S)c1ccc(OCCOC2CCCCCC2)cc1. The molecule has 0 aromatic heterocycles. The van der Waals surface area contributed by atoms with Crippen LogP contribution in [0, 0.1) is 0 Å². The van der Waals surface area contributed by atoms with E-state index in [0.717, 1.165) is 11.3 Å². The highest BCUT2D eigenvalue weighted by atomic mass is 32.1. The van der Waals surface area contributed by atoms with Gasteiger partial charge in [0.05, 0.1) is 12.7 Å². The Balaban J connectivity index is 1.66. The summed E-state index contributed by atoms with van der Waals surface area (Å²) in [5.74, 6) is 0.828. The Morgan fingerprint density at radius 1 is 1.05 bits per heavy atom. The molecule has 0 heterocycles. The highest BCUT2D eigenvalue weighted by Gasteiger charge is 2.12. The molecule has 110 valence electrons. The minimum Gasteiger partial charge on any atom is -0.491 e. The van der Waals surface area contributed by atoms with E-state index in [1.54, 1.807) is 0 Å². The van der Waals surface area contributed by atoms with Gasteiger partial charge in [-0.1, -0.05) is 37.9 Å². The molecule has 3 nitrogen and oxygen atoms in total. The first-order valence-corrected chi connectivity index (χ1v) is 7.81. The fraction of sp³-hybridized carbons (Fsp3) is 0.562. The highest BCUT2D eigenvalue weighted by molar-refractivity contribution is 7.80. The molecule has 1 aromatic rings. The third-order valence-corrected chi connectivity index (χ3v) is 3.88. The lowest BCUT2D eigenvalue weighted by atomic mass is 10.1. The van der Waals surface area contributed by atoms with Gasteiger partial charge in [-0.15, -0.1) is 0 Å². The Kier molecular flexibility index (Phi) is 6.27. The van der Waals surface area contributed by atoms with Crippen molar-refractivity contribution in [3.05, 3.63) is 29.8 Å². The zero-order valence-electron chi connectivity index (χ0n) is 11.8. The molecule has 0 amide bonds. The van der Waals surface area contributed by atoms with Gasteiger partial charge < -0.3 is 15.2 Å². The normalized spacial score (nSPS) is 16.6. The van der Waals surface area contributed by atoms with Gasteiger partial charge in [0.2, 0.25) is 0 Å². The third-order valence-electron chi connectivity index (χ3n) is 3.65. The van der Waals surface area contributed by atoms with E-state index < -0.39 is 0 Å². The summed E-state index contributed by atoms with van der Waals surface area (Å²) in [6.45, 7) is 1.24. The summed E-state index contributed by atoms with van der Waals surface area (Å²) >= 11 is 4.91. The number of nitrogens with two attached hydrogens (primary N) is 1. The molecule has 2 rings (SSSR count). The van der Waals surface area contributed by atoms with Gasteiger partial charge in [-0.2, -0.15) is 0 Å². The molecular weight excluding hydrogens is 270 g/mol. The molecule has 0 atom stereocenters. The van der Waals surface area contributed by atoms with Crippen LogP contribution in [0.4, 0.5) is 0 Å². The van der Waals surface area contributed by atoms with Crippen molar-refractivity contribution < 1.29 is 9.47 Å². The summed E-state index contributed by atoms with van der Waals surface area (Å²) in [6.07, 6.45) is 8.12. The van der Waals surface area contributed by atoms with Crippen LogP contribution in [0.1, 0.15) is 44.1 Å². The molecule has 0 bridgehead atoms. The molecule has 0 unspecified atom stereocenters. The minimum atomic E-state index is 0.410. The maximum Gasteiger partial charge on any atom is 0.119 e. The third kappa shape index (κ3) is 5.10. The maximum absolute atomic E-state index is 5.88. The number of thiocarbonyl (C=S) groups is 1. The number of hydrogen-bond acceptors (Lipinski definition) is 3. The molecule has 1 aliphatic rings. The number of benzene rings is 1. The van der Waals surface area contributed by atoms with Crippen LogP contribution in [0.15, 0.2) is 24.3 Å². The van der Waals surface area contributed by atoms with Gasteiger partial charge in [-0.3, -0.25) is 0 Å². The highest BCUT2D eigenvalue weighted by Crippen LogP contribution is 2.19. The number of hydrogen-bond donors (Lipinski definition) is 1. The summed E-state index contributed by atoms with van der Waals surface area (Å²) in [5.41, 5.74) is 6.41. The largest absolute Gasteiger partial charge is 0.491 e. The Bertz CT molecular complexity index is 411. The molecular formula is C16H23NO2S. The van der Waals surface area contributed by atoms with Crippen molar-refractivity contribution in [1.82, 2.24) is 0 Å². The molecule has 1 aromatic carbocycles. The number of ether oxygens (including phenoxy) is 2. The second-order valence-electron chi connectivity index (χ2n) is 5.22. The quantitative estimate of drug-likeness (QED) is 0.496. The van der Waals surface area contributed by atoms with Crippen LogP contribution in [0.5, 0.6) is 5.75 Å². The van der Waals surface area contributed by atoms with Gasteiger partial charge >= 0.3 is 0 Å². The zero-order valence-corrected chi connectivity index (χ0v) is 12.7. The molecule has 0 saturated heterocycles. The molecule has 0 spiro atoms. The van der Waals surface area contributed by atoms with Crippen molar-refractivity contribution in [3.63, 3.8) is 0 Å². The summed E-state index contributed by atoms with van der Waals surface area (Å²) < 4.78 is 11.5. The average Bonchev–Trinajstić information content (AvgIpc) is 2.73. The van der Waals surface area contributed by atoms with Crippen LogP contribution in [-0.2, 0) is 4.74 Å². The topological polar surface area (TPSA) is 44.5 Å². The van der Waals surface area contributed by atoms with Gasteiger partial charge in [0.1, 0.15) is 17.3 Å². The van der Waals surface area contributed by atoms with Crippen molar-refractivity contribution >= 4 is 17.2 Å². The van der Waals surface area contributed by atoms with E-state index in [9.17, 15) is 0 Å². The summed E-state index contributed by atoms with van der Waals surface area (Å²) in [4.78, 5) is 0.410. The van der Waals surface area contributed by atoms with Gasteiger partial charge in [-0.25, -0.2) is 0 Å². The molecule has 1 aliphatic carbocycles. The second kappa shape index (κ2) is 8.22. The summed E-state index contributed by atoms with van der Waals surface area (Å²) in [7, 11) is 0. The first kappa shape index (κ1) is 15.3. The van der Waals surface area contributed by atoms with Crippen LogP contribution in [-0.4, -0.2) is 24.3 Å². The van der Waals surface area contributed by atoms with Gasteiger partial charge in [0.25, 0.3) is 0 Å². The Morgan fingerprint density at radius 3 is 2.30 bits per heavy atom. The first-order valence-electron chi connectivity index (χ1n) is 7.40. The van der Waals surface area contributed by atoms with Crippen LogP contribution < -0.4 is 10.5 Å². The summed E-state index contributed by atoms with van der Waals surface area (Å²) in [5, 5.41) is 0. The van der Waals surface area contributed by atoms with E-state index in [2.05, 4.69) is 0 Å². The first-order chi connectivity index (χ1) is 9.75. The van der Waals surface area contributed by atoms with E-state index in [0.29, 0.717) is 24.3 Å². The average molecular weight is 293 g/mol. The van der Waals surface area contributed by atoms with E-state index in [1.807, 2.05) is 24.3 Å². The lowest BCUT2D eigenvalue weighted by molar-refractivity contribution is 0.0254. The smallest absolute Gasteiger partial charge is 0.119 e. The monoisotopic (exact) mass is 293 g/mol. The second-order valence-corrected chi connectivity index (χ2v) is 5.66. The fourth-order valence-electron chi connectivity index (χ4n) is 2.50. The molecule has 4 heteroatoms. The predicted octanol–water partition coefficient (Wildman–Crippen LogP) is 3.44.